The molecule has 0 aliphatic rings. The molecule has 1 rings (SSSR count). The number of H-pyrrole nitrogens is 2. The van der Waals surface area contributed by atoms with Crippen molar-refractivity contribution in [2.45, 2.75) is 0 Å². The van der Waals surface area contributed by atoms with Crippen molar-refractivity contribution in [2.75, 3.05) is 0 Å². The predicted molar refractivity (Wildman–Crippen MR) is 27.6 cm³/mol. The molecule has 3 N–H and O–H groups in total. The Morgan fingerprint density at radius 1 is 1.71 bits per heavy atom. The average molecular weight is 116 g/mol. The molecular weight excluding hydrogens is 112 g/mol. The van der Waals surface area contributed by atoms with Gasteiger partial charge in [-0.15, -0.1) is 0 Å². The van der Waals surface area contributed by atoms with Crippen LogP contribution in [-0.2, 0) is 0 Å². The van der Waals surface area contributed by atoms with Crippen LogP contribution < -0.4 is 0 Å². The summed E-state index contributed by atoms with van der Waals surface area (Å²) in [6.45, 7) is 0. The van der Waals surface area contributed by atoms with E-state index in [4.69, 9.17) is 5.11 Å². The Bertz CT molecular complexity index is 201. The number of aromatic nitrogens is 2. The SMILES string of the molecule is Oc1c[nH][nH]c1=S. The van der Waals surface area contributed by atoms with Gasteiger partial charge in [-0.05, 0) is 0 Å². The first-order valence-corrected chi connectivity index (χ1v) is 2.16. The van der Waals surface area contributed by atoms with Crippen LogP contribution >= 0.6 is 12.2 Å². The molecule has 0 fully saturated rings. The minimum Gasteiger partial charge on any atom is -0.504 e. The molecule has 1 aromatic heterocycles. The van der Waals surface area contributed by atoms with Crippen molar-refractivity contribution >= 4 is 12.2 Å². The van der Waals surface area contributed by atoms with Gasteiger partial charge in [0.2, 0.25) is 0 Å². The Kier molecular flexibility index (Phi) is 0.867. The lowest BCUT2D eigenvalue weighted by atomic mass is 10.7. The lowest BCUT2D eigenvalue weighted by molar-refractivity contribution is 0.473. The fourth-order valence-corrected chi connectivity index (χ4v) is 0.417. The Morgan fingerprint density at radius 2 is 2.43 bits per heavy atom. The summed E-state index contributed by atoms with van der Waals surface area (Å²) in [5.74, 6) is 0.0926. The number of hydrogen-bond donors (Lipinski definition) is 3. The quantitative estimate of drug-likeness (QED) is 0.439. The Hall–Kier alpha value is -0.770. The van der Waals surface area contributed by atoms with E-state index < -0.39 is 0 Å². The topological polar surface area (TPSA) is 51.8 Å². The second kappa shape index (κ2) is 1.38. The number of hydrogen-bond acceptors (Lipinski definition) is 2. The van der Waals surface area contributed by atoms with Crippen LogP contribution in [0.15, 0.2) is 6.20 Å². The van der Waals surface area contributed by atoms with Crippen molar-refractivity contribution in [3.8, 4) is 5.75 Å². The highest BCUT2D eigenvalue weighted by molar-refractivity contribution is 7.71. The molecule has 1 heterocycles. The Balaban J connectivity index is 3.39. The molecule has 4 heteroatoms. The first kappa shape index (κ1) is 4.39. The molecule has 0 saturated carbocycles. The summed E-state index contributed by atoms with van der Waals surface area (Å²) in [6.07, 6.45) is 1.39. The normalized spacial score (nSPS) is 9.14. The number of aromatic amines is 2. The largest absolute Gasteiger partial charge is 0.504 e. The van der Waals surface area contributed by atoms with Gasteiger partial charge in [0, 0.05) is 0 Å². The van der Waals surface area contributed by atoms with Crippen LogP contribution in [0.1, 0.15) is 0 Å². The summed E-state index contributed by atoms with van der Waals surface area (Å²) < 4.78 is 0.347. The van der Waals surface area contributed by atoms with Crippen molar-refractivity contribution in [3.05, 3.63) is 10.8 Å². The predicted octanol–water partition coefficient (Wildman–Crippen LogP) is 0.778. The summed E-state index contributed by atoms with van der Waals surface area (Å²) in [4.78, 5) is 0. The molecule has 0 radical (unpaired) electrons. The van der Waals surface area contributed by atoms with Crippen molar-refractivity contribution < 1.29 is 5.11 Å². The molecule has 7 heavy (non-hydrogen) atoms. The molecule has 0 aliphatic carbocycles. The molecule has 0 bridgehead atoms. The van der Waals surface area contributed by atoms with Crippen LogP contribution in [0.25, 0.3) is 0 Å². The van der Waals surface area contributed by atoms with Gasteiger partial charge < -0.3 is 10.2 Å². The van der Waals surface area contributed by atoms with E-state index in [1.807, 2.05) is 0 Å². The molecular formula is C3H4N2OS. The van der Waals surface area contributed by atoms with E-state index in [2.05, 4.69) is 22.4 Å². The molecule has 0 saturated heterocycles. The second-order valence-corrected chi connectivity index (χ2v) is 1.54. The zero-order valence-electron chi connectivity index (χ0n) is 3.43. The van der Waals surface area contributed by atoms with Crippen LogP contribution in [0.4, 0.5) is 0 Å². The van der Waals surface area contributed by atoms with E-state index in [0.717, 1.165) is 0 Å². The summed E-state index contributed by atoms with van der Waals surface area (Å²) >= 11 is 4.55. The van der Waals surface area contributed by atoms with Gasteiger partial charge in [-0.3, -0.25) is 5.10 Å². The number of aromatic hydroxyl groups is 1. The van der Waals surface area contributed by atoms with E-state index >= 15 is 0 Å². The third-order valence-electron chi connectivity index (χ3n) is 0.627. The maximum atomic E-state index is 8.59. The standard InChI is InChI=1S/C3H4N2OS/c6-2-1-4-5-3(2)7/h1,6H,(H2,4,5,7). The maximum absolute atomic E-state index is 8.59. The molecule has 1 aromatic rings. The minimum atomic E-state index is 0.0926. The number of rotatable bonds is 0. The van der Waals surface area contributed by atoms with E-state index in [1.165, 1.54) is 6.20 Å². The van der Waals surface area contributed by atoms with E-state index in [1.54, 1.807) is 0 Å². The molecule has 0 unspecified atom stereocenters. The molecule has 0 amide bonds. The summed E-state index contributed by atoms with van der Waals surface area (Å²) in [7, 11) is 0. The van der Waals surface area contributed by atoms with Crippen molar-refractivity contribution in [1.82, 2.24) is 10.2 Å². The average Bonchev–Trinajstić information content (AvgIpc) is 1.91. The smallest absolute Gasteiger partial charge is 0.169 e. The van der Waals surface area contributed by atoms with Gasteiger partial charge >= 0.3 is 0 Å². The molecule has 38 valence electrons. The van der Waals surface area contributed by atoms with E-state index in [9.17, 15) is 0 Å². The van der Waals surface area contributed by atoms with Crippen molar-refractivity contribution in [1.29, 1.82) is 0 Å². The highest BCUT2D eigenvalue weighted by atomic mass is 32.1. The minimum absolute atomic E-state index is 0.0926. The van der Waals surface area contributed by atoms with Crippen LogP contribution in [0.3, 0.4) is 0 Å². The number of nitrogens with one attached hydrogen (secondary N) is 2. The Morgan fingerprint density at radius 3 is 2.57 bits per heavy atom. The van der Waals surface area contributed by atoms with Gasteiger partial charge in [0.05, 0.1) is 6.20 Å². The second-order valence-electron chi connectivity index (χ2n) is 1.13. The Labute approximate surface area is 45.0 Å². The molecule has 0 aliphatic heterocycles. The molecule has 0 atom stereocenters. The summed E-state index contributed by atoms with van der Waals surface area (Å²) in [6, 6.07) is 0. The molecule has 3 nitrogen and oxygen atoms in total. The monoisotopic (exact) mass is 116 g/mol. The zero-order valence-corrected chi connectivity index (χ0v) is 4.25. The summed E-state index contributed by atoms with van der Waals surface area (Å²) in [5, 5.41) is 13.6. The molecule has 0 spiro atoms. The van der Waals surface area contributed by atoms with Gasteiger partial charge in [-0.2, -0.15) is 0 Å². The fraction of sp³-hybridized carbons (Fsp3) is 0. The van der Waals surface area contributed by atoms with Crippen LogP contribution in [0.2, 0.25) is 0 Å². The lowest BCUT2D eigenvalue weighted by Gasteiger charge is -1.68. The third kappa shape index (κ3) is 0.640. The highest BCUT2D eigenvalue weighted by Gasteiger charge is 1.84. The highest BCUT2D eigenvalue weighted by Crippen LogP contribution is 2.03. The lowest BCUT2D eigenvalue weighted by Crippen LogP contribution is -1.58. The van der Waals surface area contributed by atoms with Gasteiger partial charge in [0.25, 0.3) is 0 Å². The first-order chi connectivity index (χ1) is 3.30. The van der Waals surface area contributed by atoms with Gasteiger partial charge in [0.1, 0.15) is 0 Å². The molecule has 0 aromatic carbocycles. The zero-order chi connectivity index (χ0) is 5.28. The van der Waals surface area contributed by atoms with Crippen LogP contribution in [0.5, 0.6) is 5.75 Å². The van der Waals surface area contributed by atoms with E-state index in [-0.39, 0.29) is 5.75 Å². The van der Waals surface area contributed by atoms with Gasteiger partial charge in [-0.1, -0.05) is 12.2 Å². The third-order valence-corrected chi connectivity index (χ3v) is 0.938. The van der Waals surface area contributed by atoms with Gasteiger partial charge in [0.15, 0.2) is 10.4 Å². The fourth-order valence-electron chi connectivity index (χ4n) is 0.300. The maximum Gasteiger partial charge on any atom is 0.169 e. The van der Waals surface area contributed by atoms with Crippen molar-refractivity contribution in [3.63, 3.8) is 0 Å². The van der Waals surface area contributed by atoms with Gasteiger partial charge in [-0.25, -0.2) is 0 Å². The first-order valence-electron chi connectivity index (χ1n) is 1.76. The summed E-state index contributed by atoms with van der Waals surface area (Å²) in [5.41, 5.74) is 0. The van der Waals surface area contributed by atoms with Crippen molar-refractivity contribution in [2.24, 2.45) is 0 Å². The van der Waals surface area contributed by atoms with E-state index in [0.29, 0.717) is 4.64 Å². The van der Waals surface area contributed by atoms with Crippen LogP contribution in [-0.4, -0.2) is 15.3 Å². The van der Waals surface area contributed by atoms with Crippen LogP contribution in [0, 0.1) is 4.64 Å².